The zero-order chi connectivity index (χ0) is 19.1. The van der Waals surface area contributed by atoms with Gasteiger partial charge in [-0.05, 0) is 36.6 Å². The summed E-state index contributed by atoms with van der Waals surface area (Å²) in [7, 11) is 1.69. The highest BCUT2D eigenvalue weighted by Crippen LogP contribution is 2.48. The fourth-order valence-electron chi connectivity index (χ4n) is 3.11. The van der Waals surface area contributed by atoms with Crippen molar-refractivity contribution in [2.75, 3.05) is 26.7 Å². The normalized spacial score (nSPS) is 14.6. The van der Waals surface area contributed by atoms with Crippen LogP contribution in [0.1, 0.15) is 28.8 Å². The molecule has 1 aliphatic rings. The summed E-state index contributed by atoms with van der Waals surface area (Å²) in [6.45, 7) is 1.65. The molecule has 0 aromatic heterocycles. The molecule has 5 nitrogen and oxygen atoms in total. The highest BCUT2D eigenvalue weighted by molar-refractivity contribution is 14.0. The van der Waals surface area contributed by atoms with E-state index in [0.29, 0.717) is 31.2 Å². The van der Waals surface area contributed by atoms with Crippen LogP contribution in [0, 0.1) is 5.82 Å². The maximum absolute atomic E-state index is 14.1. The second-order valence-electron chi connectivity index (χ2n) is 6.73. The Morgan fingerprint density at radius 2 is 1.64 bits per heavy atom. The molecule has 150 valence electrons. The van der Waals surface area contributed by atoms with Crippen molar-refractivity contribution in [3.63, 3.8) is 0 Å². The SMILES string of the molecule is CN=C(NCCNC(=O)c1ccccc1)NCC1(c2ccccc2F)CC1.I. The molecule has 0 bridgehead atoms. The summed E-state index contributed by atoms with van der Waals surface area (Å²) in [5.74, 6) is 0.395. The lowest BCUT2D eigenvalue weighted by Crippen LogP contribution is -2.44. The van der Waals surface area contributed by atoms with E-state index in [1.165, 1.54) is 6.07 Å². The minimum atomic E-state index is -0.150. The lowest BCUT2D eigenvalue weighted by Gasteiger charge is -2.19. The van der Waals surface area contributed by atoms with Crippen LogP contribution in [0.4, 0.5) is 4.39 Å². The summed E-state index contributed by atoms with van der Waals surface area (Å²) < 4.78 is 14.1. The largest absolute Gasteiger partial charge is 0.356 e. The van der Waals surface area contributed by atoms with Crippen LogP contribution < -0.4 is 16.0 Å². The van der Waals surface area contributed by atoms with Crippen LogP contribution in [-0.4, -0.2) is 38.5 Å². The summed E-state index contributed by atoms with van der Waals surface area (Å²) in [6, 6.07) is 16.1. The second-order valence-corrected chi connectivity index (χ2v) is 6.73. The number of rotatable bonds is 7. The van der Waals surface area contributed by atoms with Gasteiger partial charge in [0.1, 0.15) is 5.82 Å². The Kier molecular flexibility index (Phi) is 8.22. The fraction of sp³-hybridized carbons (Fsp3) is 0.333. The molecule has 1 amide bonds. The Hall–Kier alpha value is -2.16. The van der Waals surface area contributed by atoms with E-state index >= 15 is 0 Å². The monoisotopic (exact) mass is 496 g/mol. The molecular weight excluding hydrogens is 470 g/mol. The molecule has 28 heavy (non-hydrogen) atoms. The first kappa shape index (κ1) is 22.1. The first-order chi connectivity index (χ1) is 13.1. The van der Waals surface area contributed by atoms with Crippen molar-refractivity contribution in [2.24, 2.45) is 4.99 Å². The van der Waals surface area contributed by atoms with Gasteiger partial charge in [0.05, 0.1) is 0 Å². The van der Waals surface area contributed by atoms with E-state index in [4.69, 9.17) is 0 Å². The number of carbonyl (C=O) groups excluding carboxylic acids is 1. The van der Waals surface area contributed by atoms with Crippen LogP contribution in [0.2, 0.25) is 0 Å². The Bertz CT molecular complexity index is 809. The summed E-state index contributed by atoms with van der Waals surface area (Å²) in [6.07, 6.45) is 1.93. The number of nitrogens with one attached hydrogen (secondary N) is 3. The van der Waals surface area contributed by atoms with E-state index < -0.39 is 0 Å². The van der Waals surface area contributed by atoms with Crippen LogP contribution in [0.5, 0.6) is 0 Å². The summed E-state index contributed by atoms with van der Waals surface area (Å²) >= 11 is 0. The molecule has 0 spiro atoms. The van der Waals surface area contributed by atoms with Crippen molar-refractivity contribution < 1.29 is 9.18 Å². The molecule has 2 aromatic rings. The van der Waals surface area contributed by atoms with Gasteiger partial charge in [-0.15, -0.1) is 24.0 Å². The quantitative estimate of drug-likeness (QED) is 0.239. The standard InChI is InChI=1S/C21H25FN4O.HI/c1-23-20(25-14-13-24-19(27)16-7-3-2-4-8-16)26-15-21(11-12-21)17-9-5-6-10-18(17)22;/h2-10H,11-15H2,1H3,(H,24,27)(H2,23,25,26);1H. The lowest BCUT2D eigenvalue weighted by atomic mass is 9.95. The molecule has 0 aliphatic heterocycles. The maximum atomic E-state index is 14.1. The number of hydrogen-bond acceptors (Lipinski definition) is 2. The van der Waals surface area contributed by atoms with E-state index in [1.54, 1.807) is 25.2 Å². The third kappa shape index (κ3) is 5.67. The van der Waals surface area contributed by atoms with E-state index in [0.717, 1.165) is 18.4 Å². The topological polar surface area (TPSA) is 65.5 Å². The smallest absolute Gasteiger partial charge is 0.251 e. The molecule has 1 fully saturated rings. The van der Waals surface area contributed by atoms with Gasteiger partial charge in [-0.1, -0.05) is 36.4 Å². The Balaban J connectivity index is 0.00000280. The van der Waals surface area contributed by atoms with E-state index in [9.17, 15) is 9.18 Å². The fourth-order valence-corrected chi connectivity index (χ4v) is 3.11. The molecular formula is C21H26FIN4O. The number of halogens is 2. The molecule has 3 rings (SSSR count). The predicted molar refractivity (Wildman–Crippen MR) is 121 cm³/mol. The van der Waals surface area contributed by atoms with Crippen molar-refractivity contribution in [1.29, 1.82) is 0 Å². The number of carbonyl (C=O) groups is 1. The molecule has 7 heteroatoms. The van der Waals surface area contributed by atoms with Crippen LogP contribution in [0.15, 0.2) is 59.6 Å². The van der Waals surface area contributed by atoms with Gasteiger partial charge >= 0.3 is 0 Å². The van der Waals surface area contributed by atoms with E-state index in [-0.39, 0.29) is 41.1 Å². The average Bonchev–Trinajstić information content (AvgIpc) is 3.49. The van der Waals surface area contributed by atoms with Crippen molar-refractivity contribution in [3.05, 3.63) is 71.5 Å². The first-order valence-corrected chi connectivity index (χ1v) is 9.17. The summed E-state index contributed by atoms with van der Waals surface area (Å²) in [4.78, 5) is 16.2. The number of amides is 1. The van der Waals surface area contributed by atoms with E-state index in [2.05, 4.69) is 20.9 Å². The lowest BCUT2D eigenvalue weighted by molar-refractivity contribution is 0.0954. The van der Waals surface area contributed by atoms with Gasteiger partial charge in [0.25, 0.3) is 5.91 Å². The van der Waals surface area contributed by atoms with Crippen molar-refractivity contribution in [1.82, 2.24) is 16.0 Å². The average molecular weight is 496 g/mol. The van der Waals surface area contributed by atoms with Crippen molar-refractivity contribution in [3.8, 4) is 0 Å². The van der Waals surface area contributed by atoms with Gasteiger partial charge in [0, 0.05) is 37.7 Å². The van der Waals surface area contributed by atoms with Gasteiger partial charge in [-0.3, -0.25) is 9.79 Å². The van der Waals surface area contributed by atoms with Crippen LogP contribution in [-0.2, 0) is 5.41 Å². The molecule has 1 saturated carbocycles. The van der Waals surface area contributed by atoms with Gasteiger partial charge in [0.15, 0.2) is 5.96 Å². The Labute approximate surface area is 182 Å². The van der Waals surface area contributed by atoms with Crippen molar-refractivity contribution in [2.45, 2.75) is 18.3 Å². The second kappa shape index (κ2) is 10.4. The Morgan fingerprint density at radius 1 is 1.00 bits per heavy atom. The zero-order valence-corrected chi connectivity index (χ0v) is 18.2. The molecule has 0 saturated heterocycles. The third-order valence-electron chi connectivity index (χ3n) is 4.86. The van der Waals surface area contributed by atoms with Crippen molar-refractivity contribution >= 4 is 35.8 Å². The zero-order valence-electron chi connectivity index (χ0n) is 15.9. The molecule has 2 aromatic carbocycles. The Morgan fingerprint density at radius 3 is 2.29 bits per heavy atom. The molecule has 3 N–H and O–H groups in total. The minimum absolute atomic E-state index is 0. The van der Waals surface area contributed by atoms with Crippen LogP contribution in [0.3, 0.4) is 0 Å². The van der Waals surface area contributed by atoms with E-state index in [1.807, 2.05) is 30.3 Å². The van der Waals surface area contributed by atoms with Gasteiger partial charge in [-0.25, -0.2) is 4.39 Å². The number of benzene rings is 2. The molecule has 0 heterocycles. The van der Waals surface area contributed by atoms with Gasteiger partial charge in [-0.2, -0.15) is 0 Å². The first-order valence-electron chi connectivity index (χ1n) is 9.17. The third-order valence-corrected chi connectivity index (χ3v) is 4.86. The summed E-state index contributed by atoms with van der Waals surface area (Å²) in [5.41, 5.74) is 1.26. The molecule has 1 aliphatic carbocycles. The van der Waals surface area contributed by atoms with Gasteiger partial charge < -0.3 is 16.0 Å². The molecule has 0 radical (unpaired) electrons. The minimum Gasteiger partial charge on any atom is -0.356 e. The predicted octanol–water partition coefficient (Wildman–Crippen LogP) is 3.07. The number of aliphatic imine (C=N–C) groups is 1. The maximum Gasteiger partial charge on any atom is 0.251 e. The number of guanidine groups is 1. The van der Waals surface area contributed by atoms with Crippen LogP contribution in [0.25, 0.3) is 0 Å². The highest BCUT2D eigenvalue weighted by atomic mass is 127. The highest BCUT2D eigenvalue weighted by Gasteiger charge is 2.45. The molecule has 0 unspecified atom stereocenters. The number of hydrogen-bond donors (Lipinski definition) is 3. The summed E-state index contributed by atoms with van der Waals surface area (Å²) in [5, 5.41) is 9.31. The number of nitrogens with zero attached hydrogens (tertiary/aromatic N) is 1. The molecule has 0 atom stereocenters. The van der Waals surface area contributed by atoms with Crippen LogP contribution >= 0.6 is 24.0 Å². The van der Waals surface area contributed by atoms with Gasteiger partial charge in [0.2, 0.25) is 0 Å².